The van der Waals surface area contributed by atoms with Crippen LogP contribution in [0.3, 0.4) is 0 Å². The van der Waals surface area contributed by atoms with Gasteiger partial charge in [-0.25, -0.2) is 4.98 Å². The van der Waals surface area contributed by atoms with Crippen LogP contribution < -0.4 is 4.90 Å². The van der Waals surface area contributed by atoms with E-state index in [0.717, 1.165) is 61.5 Å². The third-order valence-electron chi connectivity index (χ3n) is 9.83. The van der Waals surface area contributed by atoms with Gasteiger partial charge in [0, 0.05) is 49.9 Å². The van der Waals surface area contributed by atoms with Gasteiger partial charge in [0.1, 0.15) is 5.58 Å². The van der Waals surface area contributed by atoms with Crippen molar-refractivity contribution in [2.45, 2.75) is 0 Å². The van der Waals surface area contributed by atoms with Crippen molar-refractivity contribution in [1.82, 2.24) is 9.55 Å². The molecule has 0 spiro atoms. The average Bonchev–Trinajstić information content (AvgIpc) is 3.74. The number of hydrogen-bond donors (Lipinski definition) is 0. The lowest BCUT2D eigenvalue weighted by molar-refractivity contribution is 0.654. The summed E-state index contributed by atoms with van der Waals surface area (Å²) in [5.41, 5.74) is 12.6. The van der Waals surface area contributed by atoms with Gasteiger partial charge in [0.2, 0.25) is 5.71 Å². The third-order valence-corrected chi connectivity index (χ3v) is 9.83. The van der Waals surface area contributed by atoms with Crippen molar-refractivity contribution < 1.29 is 4.42 Å². The smallest absolute Gasteiger partial charge is 0.227 e. The summed E-state index contributed by atoms with van der Waals surface area (Å²) in [7, 11) is 0. The van der Waals surface area contributed by atoms with Crippen molar-refractivity contribution in [2.24, 2.45) is 0 Å². The Labute approximate surface area is 295 Å². The molecule has 0 aliphatic heterocycles. The van der Waals surface area contributed by atoms with Gasteiger partial charge in [0.15, 0.2) is 0 Å². The Morgan fingerprint density at radius 3 is 1.73 bits per heavy atom. The summed E-state index contributed by atoms with van der Waals surface area (Å²) in [5.74, 6) is 0. The highest BCUT2D eigenvalue weighted by molar-refractivity contribution is 6.10. The molecule has 3 heterocycles. The van der Waals surface area contributed by atoms with Gasteiger partial charge in [0.25, 0.3) is 0 Å². The van der Waals surface area contributed by atoms with Gasteiger partial charge in [-0.05, 0) is 90.0 Å². The Balaban J connectivity index is 0.996. The lowest BCUT2D eigenvalue weighted by Crippen LogP contribution is -2.09. The van der Waals surface area contributed by atoms with E-state index in [4.69, 9.17) is 9.40 Å². The van der Waals surface area contributed by atoms with Gasteiger partial charge in [-0.3, -0.25) is 0 Å². The van der Waals surface area contributed by atoms with E-state index in [1.54, 1.807) is 0 Å². The van der Waals surface area contributed by atoms with E-state index in [9.17, 15) is 0 Å². The zero-order valence-electron chi connectivity index (χ0n) is 27.6. The van der Waals surface area contributed by atoms with Crippen molar-refractivity contribution in [1.29, 1.82) is 0 Å². The minimum absolute atomic E-state index is 0.666. The minimum atomic E-state index is 0.666. The van der Waals surface area contributed by atoms with Crippen molar-refractivity contribution in [3.05, 3.63) is 188 Å². The van der Waals surface area contributed by atoms with Gasteiger partial charge < -0.3 is 13.9 Å². The molecule has 0 fully saturated rings. The summed E-state index contributed by atoms with van der Waals surface area (Å²) in [6.45, 7) is 0. The van der Waals surface area contributed by atoms with Gasteiger partial charge in [-0.2, -0.15) is 0 Å². The molecule has 10 rings (SSSR count). The molecule has 10 aromatic rings. The lowest BCUT2D eigenvalue weighted by atomic mass is 10.0. The van der Waals surface area contributed by atoms with Gasteiger partial charge in [-0.1, -0.05) is 109 Å². The van der Waals surface area contributed by atoms with Crippen LogP contribution in [0.1, 0.15) is 0 Å². The third kappa shape index (κ3) is 4.96. The van der Waals surface area contributed by atoms with E-state index < -0.39 is 0 Å². The molecule has 0 bridgehead atoms. The average molecular weight is 654 g/mol. The van der Waals surface area contributed by atoms with Crippen LogP contribution in [0.25, 0.3) is 71.9 Å². The Kier molecular flexibility index (Phi) is 6.78. The molecular weight excluding hydrogens is 623 g/mol. The maximum absolute atomic E-state index is 6.04. The normalized spacial score (nSPS) is 11.5. The van der Waals surface area contributed by atoms with Crippen LogP contribution in [0, 0.1) is 0 Å². The molecule has 0 atom stereocenters. The first-order valence-corrected chi connectivity index (χ1v) is 17.2. The minimum Gasteiger partial charge on any atom is -0.438 e. The Bertz CT molecular complexity index is 2790. The molecule has 0 saturated carbocycles. The molecule has 7 aromatic carbocycles. The summed E-state index contributed by atoms with van der Waals surface area (Å²) in [6.07, 6.45) is 0. The second-order valence-corrected chi connectivity index (χ2v) is 12.8. The number of fused-ring (bicyclic) bond motifs is 6. The zero-order valence-corrected chi connectivity index (χ0v) is 27.6. The van der Waals surface area contributed by atoms with Crippen LogP contribution in [0.2, 0.25) is 0 Å². The highest BCUT2D eigenvalue weighted by Gasteiger charge is 2.17. The highest BCUT2D eigenvalue weighted by Crippen LogP contribution is 2.40. The molecule has 240 valence electrons. The topological polar surface area (TPSA) is 34.2 Å². The predicted octanol–water partition coefficient (Wildman–Crippen LogP) is 12.9. The quantitative estimate of drug-likeness (QED) is 0.179. The lowest BCUT2D eigenvalue weighted by Gasteiger charge is -2.25. The first-order chi connectivity index (χ1) is 25.3. The number of para-hydroxylation sites is 4. The van der Waals surface area contributed by atoms with Crippen molar-refractivity contribution >= 4 is 60.9 Å². The molecule has 0 unspecified atom stereocenters. The number of pyridine rings is 1. The summed E-state index contributed by atoms with van der Waals surface area (Å²) < 4.78 is 8.41. The summed E-state index contributed by atoms with van der Waals surface area (Å²) >= 11 is 0. The number of anilines is 3. The molecule has 0 amide bonds. The van der Waals surface area contributed by atoms with E-state index >= 15 is 0 Å². The first kappa shape index (κ1) is 29.0. The monoisotopic (exact) mass is 653 g/mol. The van der Waals surface area contributed by atoms with Crippen molar-refractivity contribution in [2.75, 3.05) is 4.90 Å². The van der Waals surface area contributed by atoms with E-state index in [1.807, 2.05) is 18.2 Å². The number of hydrogen-bond acceptors (Lipinski definition) is 3. The Hall–Kier alpha value is -6.91. The van der Waals surface area contributed by atoms with Crippen LogP contribution in [0.4, 0.5) is 17.1 Å². The second kappa shape index (κ2) is 11.9. The van der Waals surface area contributed by atoms with Gasteiger partial charge in [0.05, 0.1) is 16.7 Å². The summed E-state index contributed by atoms with van der Waals surface area (Å²) in [5, 5.41) is 4.57. The van der Waals surface area contributed by atoms with E-state index in [0.29, 0.717) is 5.71 Å². The van der Waals surface area contributed by atoms with Crippen LogP contribution in [-0.2, 0) is 0 Å². The van der Waals surface area contributed by atoms with E-state index in [-0.39, 0.29) is 0 Å². The number of furan rings is 1. The fourth-order valence-corrected chi connectivity index (χ4v) is 7.38. The summed E-state index contributed by atoms with van der Waals surface area (Å²) in [6, 6.07) is 66.4. The van der Waals surface area contributed by atoms with Gasteiger partial charge in [-0.15, -0.1) is 0 Å². The molecular formula is C47H31N3O. The Morgan fingerprint density at radius 1 is 0.412 bits per heavy atom. The maximum Gasteiger partial charge on any atom is 0.227 e. The van der Waals surface area contributed by atoms with E-state index in [2.05, 4.69) is 179 Å². The fourth-order valence-electron chi connectivity index (χ4n) is 7.38. The van der Waals surface area contributed by atoms with Crippen LogP contribution in [-0.4, -0.2) is 9.55 Å². The molecule has 0 radical (unpaired) electrons. The standard InChI is InChI=1S/C47H31N3O/c1-3-11-35(12-4-1)49(36-13-5-2-6-14-36)38-27-30-45-42(31-38)39-15-7-9-17-44(39)50(45)37-25-23-33(24-26-37)32-19-21-34(22-20-32)43-29-28-41-40-16-8-10-18-46(40)51-47(41)48-43/h1-31H. The predicted molar refractivity (Wildman–Crippen MR) is 211 cm³/mol. The number of nitrogens with zero attached hydrogens (tertiary/aromatic N) is 3. The second-order valence-electron chi connectivity index (χ2n) is 12.8. The molecule has 51 heavy (non-hydrogen) atoms. The largest absolute Gasteiger partial charge is 0.438 e. The van der Waals surface area contributed by atoms with Crippen LogP contribution >= 0.6 is 0 Å². The number of aromatic nitrogens is 2. The van der Waals surface area contributed by atoms with Gasteiger partial charge >= 0.3 is 0 Å². The zero-order chi connectivity index (χ0) is 33.7. The van der Waals surface area contributed by atoms with Crippen molar-refractivity contribution in [3.8, 4) is 28.1 Å². The fraction of sp³-hybridized carbons (Fsp3) is 0. The summed E-state index contributed by atoms with van der Waals surface area (Å²) in [4.78, 5) is 7.17. The number of rotatable bonds is 6. The van der Waals surface area contributed by atoms with E-state index in [1.165, 1.54) is 21.8 Å². The molecule has 0 aliphatic carbocycles. The molecule has 4 nitrogen and oxygen atoms in total. The molecule has 3 aromatic heterocycles. The van der Waals surface area contributed by atoms with Crippen molar-refractivity contribution in [3.63, 3.8) is 0 Å². The van der Waals surface area contributed by atoms with Crippen LogP contribution in [0.5, 0.6) is 0 Å². The molecule has 4 heteroatoms. The highest BCUT2D eigenvalue weighted by atomic mass is 16.3. The SMILES string of the molecule is c1ccc(N(c2ccccc2)c2ccc3c(c2)c2ccccc2n3-c2ccc(-c3ccc(-c4ccc5c(n4)oc4ccccc45)cc3)cc2)cc1. The maximum atomic E-state index is 6.04. The number of benzene rings is 7. The molecule has 0 N–H and O–H groups in total. The first-order valence-electron chi connectivity index (χ1n) is 17.2. The molecule has 0 aliphatic rings. The Morgan fingerprint density at radius 2 is 1.00 bits per heavy atom. The van der Waals surface area contributed by atoms with Crippen LogP contribution in [0.15, 0.2) is 192 Å². The molecule has 0 saturated heterocycles.